The Morgan fingerprint density at radius 1 is 2.00 bits per heavy atom. The van der Waals surface area contributed by atoms with Crippen molar-refractivity contribution in [2.45, 2.75) is 0 Å². The quantitative estimate of drug-likeness (QED) is 0.265. The molecule has 3 heteroatoms. The second kappa shape index (κ2) is 4.15. The third kappa shape index (κ3) is 3.82. The van der Waals surface area contributed by atoms with Gasteiger partial charge in [0.05, 0.1) is 0 Å². The molecule has 1 nitrogen and oxygen atoms in total. The zero-order valence-corrected chi connectivity index (χ0v) is 5.51. The average Bonchev–Trinajstić information content (AvgIpc) is 1.68. The average molecular weight is 132 g/mol. The number of rotatable bonds is 3. The van der Waals surface area contributed by atoms with Gasteiger partial charge >= 0.3 is 0 Å². The molecule has 0 saturated heterocycles. The van der Waals surface area contributed by atoms with Gasteiger partial charge in [-0.05, 0) is 0 Å². The van der Waals surface area contributed by atoms with Crippen LogP contribution in [0.3, 0.4) is 0 Å². The van der Waals surface area contributed by atoms with Crippen LogP contribution in [0.4, 0.5) is 0 Å². The molecular formula is C4H6NS2. The van der Waals surface area contributed by atoms with Crippen molar-refractivity contribution >= 4 is 30.5 Å². The van der Waals surface area contributed by atoms with E-state index in [4.69, 9.17) is 0 Å². The highest BCUT2D eigenvalue weighted by atomic mass is 32.1. The number of nitrogens with zero attached hydrogens (tertiary/aromatic N) is 1. The van der Waals surface area contributed by atoms with E-state index in [-0.39, 0.29) is 0 Å². The Labute approximate surface area is 54.6 Å². The van der Waals surface area contributed by atoms with Crippen LogP contribution < -0.4 is 0 Å². The van der Waals surface area contributed by atoms with Crippen LogP contribution >= 0.6 is 25.0 Å². The first-order valence-corrected chi connectivity index (χ1v) is 2.57. The zero-order chi connectivity index (χ0) is 5.70. The first-order valence-electron chi connectivity index (χ1n) is 1.76. The van der Waals surface area contributed by atoms with E-state index in [0.29, 0.717) is 6.54 Å². The summed E-state index contributed by atoms with van der Waals surface area (Å²) in [5.41, 5.74) is 2.38. The van der Waals surface area contributed by atoms with Crippen molar-refractivity contribution in [2.75, 3.05) is 6.54 Å². The normalized spacial score (nSPS) is 7.57. The molecule has 0 heterocycles. The Balaban J connectivity index is 3.15. The summed E-state index contributed by atoms with van der Waals surface area (Å²) in [6.07, 6.45) is 1.70. The van der Waals surface area contributed by atoms with Crippen molar-refractivity contribution < 1.29 is 0 Å². The summed E-state index contributed by atoms with van der Waals surface area (Å²) in [6.45, 7) is 4.12. The first-order chi connectivity index (χ1) is 3.31. The van der Waals surface area contributed by atoms with Crippen molar-refractivity contribution in [3.63, 3.8) is 0 Å². The highest BCUT2D eigenvalue weighted by Crippen LogP contribution is 1.85. The number of hydrogen-bond donors (Lipinski definition) is 1. The van der Waals surface area contributed by atoms with Crippen molar-refractivity contribution in [3.8, 4) is 0 Å². The van der Waals surface area contributed by atoms with Crippen LogP contribution in [0.1, 0.15) is 0 Å². The topological polar surface area (TPSA) is 3.24 Å². The highest BCUT2D eigenvalue weighted by molar-refractivity contribution is 7.83. The molecule has 0 fully saturated rings. The molecule has 0 aliphatic rings. The molecule has 7 heavy (non-hydrogen) atoms. The molecular weight excluding hydrogens is 126 g/mol. The summed E-state index contributed by atoms with van der Waals surface area (Å²) < 4.78 is 1.45. The fourth-order valence-corrected chi connectivity index (χ4v) is 0.350. The van der Waals surface area contributed by atoms with Crippen molar-refractivity contribution in [1.82, 2.24) is 4.31 Å². The molecule has 0 atom stereocenters. The van der Waals surface area contributed by atoms with E-state index in [2.05, 4.69) is 37.1 Å². The largest absolute Gasteiger partial charge is 0.303 e. The molecule has 0 aliphatic carbocycles. The van der Waals surface area contributed by atoms with E-state index in [1.807, 2.05) is 0 Å². The summed E-state index contributed by atoms with van der Waals surface area (Å²) >= 11 is 8.25. The van der Waals surface area contributed by atoms with Gasteiger partial charge in [0.1, 0.15) is 5.49 Å². The van der Waals surface area contributed by atoms with Crippen LogP contribution in [-0.4, -0.2) is 16.3 Å². The number of thiocarbonyl (C=S) groups is 1. The van der Waals surface area contributed by atoms with Crippen molar-refractivity contribution in [2.24, 2.45) is 0 Å². The summed E-state index contributed by atoms with van der Waals surface area (Å²) in [6, 6.07) is 0. The van der Waals surface area contributed by atoms with E-state index >= 15 is 0 Å². The maximum Gasteiger partial charge on any atom is 0.147 e. The lowest BCUT2D eigenvalue weighted by atomic mass is 10.6. The summed E-state index contributed by atoms with van der Waals surface area (Å²) in [7, 11) is 0. The molecule has 0 spiro atoms. The second-order valence-corrected chi connectivity index (χ2v) is 1.63. The Bertz CT molecular complexity index is 72.1. The van der Waals surface area contributed by atoms with E-state index in [1.54, 1.807) is 6.08 Å². The number of hydrogen-bond acceptors (Lipinski definition) is 2. The van der Waals surface area contributed by atoms with Gasteiger partial charge in [0.25, 0.3) is 0 Å². The monoisotopic (exact) mass is 132 g/mol. The van der Waals surface area contributed by atoms with Gasteiger partial charge in [-0.3, -0.25) is 0 Å². The minimum atomic E-state index is 0.645. The van der Waals surface area contributed by atoms with Gasteiger partial charge in [-0.25, -0.2) is 0 Å². The van der Waals surface area contributed by atoms with Crippen LogP contribution in [0.15, 0.2) is 12.7 Å². The summed E-state index contributed by atoms with van der Waals surface area (Å²) in [5.74, 6) is 0. The Hall–Kier alpha value is -0.0200. The smallest absolute Gasteiger partial charge is 0.147 e. The van der Waals surface area contributed by atoms with Crippen LogP contribution in [0.5, 0.6) is 0 Å². The fourth-order valence-electron chi connectivity index (χ4n) is 0.160. The maximum absolute atomic E-state index is 4.39. The summed E-state index contributed by atoms with van der Waals surface area (Å²) in [4.78, 5) is 0. The van der Waals surface area contributed by atoms with Gasteiger partial charge in [-0.15, -0.1) is 6.58 Å². The van der Waals surface area contributed by atoms with Gasteiger partial charge in [0.15, 0.2) is 0 Å². The molecule has 0 N–H and O–H groups in total. The molecule has 0 aromatic rings. The third-order valence-corrected chi connectivity index (χ3v) is 1.03. The minimum Gasteiger partial charge on any atom is -0.303 e. The Morgan fingerprint density at radius 2 is 2.57 bits per heavy atom. The zero-order valence-electron chi connectivity index (χ0n) is 3.79. The van der Waals surface area contributed by atoms with Crippen molar-refractivity contribution in [3.05, 3.63) is 12.7 Å². The fraction of sp³-hybridized carbons (Fsp3) is 0.250. The molecule has 0 aromatic carbocycles. The van der Waals surface area contributed by atoms with Crippen molar-refractivity contribution in [1.29, 1.82) is 0 Å². The molecule has 0 unspecified atom stereocenters. The van der Waals surface area contributed by atoms with Crippen LogP contribution in [0.2, 0.25) is 0 Å². The van der Waals surface area contributed by atoms with E-state index in [1.165, 1.54) is 4.31 Å². The minimum absolute atomic E-state index is 0.645. The second-order valence-electron chi connectivity index (χ2n) is 0.962. The van der Waals surface area contributed by atoms with Crippen LogP contribution in [0, 0.1) is 0 Å². The van der Waals surface area contributed by atoms with E-state index < -0.39 is 0 Å². The van der Waals surface area contributed by atoms with Gasteiger partial charge in [0, 0.05) is 6.54 Å². The molecule has 0 aromatic heterocycles. The standard InChI is InChI=1S/C4H6NS2/c1-2-3-5(7)4-6/h2,7H,1,3H2. The molecule has 0 amide bonds. The van der Waals surface area contributed by atoms with E-state index in [9.17, 15) is 0 Å². The Morgan fingerprint density at radius 3 is 2.71 bits per heavy atom. The third-order valence-electron chi connectivity index (χ3n) is 0.407. The Kier molecular flexibility index (Phi) is 4.14. The van der Waals surface area contributed by atoms with Gasteiger partial charge in [-0.2, -0.15) is 0 Å². The lowest BCUT2D eigenvalue weighted by Gasteiger charge is -2.02. The van der Waals surface area contributed by atoms with Crippen LogP contribution in [-0.2, 0) is 0 Å². The molecule has 39 valence electrons. The molecule has 0 bridgehead atoms. The maximum atomic E-state index is 4.39. The molecule has 0 rings (SSSR count). The van der Waals surface area contributed by atoms with Crippen LogP contribution in [0.25, 0.3) is 0 Å². The summed E-state index contributed by atoms with van der Waals surface area (Å²) in [5, 5.41) is 0. The van der Waals surface area contributed by atoms with Gasteiger partial charge < -0.3 is 4.31 Å². The van der Waals surface area contributed by atoms with E-state index in [0.717, 1.165) is 0 Å². The van der Waals surface area contributed by atoms with Gasteiger partial charge in [-0.1, -0.05) is 31.1 Å². The predicted octanol–water partition coefficient (Wildman–Crippen LogP) is 1.15. The highest BCUT2D eigenvalue weighted by Gasteiger charge is 1.82. The first kappa shape index (κ1) is 6.98. The lowest BCUT2D eigenvalue weighted by molar-refractivity contribution is 0.806. The lowest BCUT2D eigenvalue weighted by Crippen LogP contribution is -2.06. The molecule has 0 aliphatic heterocycles. The molecule has 1 radical (unpaired) electrons. The predicted molar refractivity (Wildman–Crippen MR) is 38.5 cm³/mol. The molecule has 0 saturated carbocycles. The SMILES string of the molecule is C=CCN(S)[C]=S. The number of thiol groups is 1. The van der Waals surface area contributed by atoms with Gasteiger partial charge in [0.2, 0.25) is 0 Å².